The Morgan fingerprint density at radius 2 is 1.67 bits per heavy atom. The van der Waals surface area contributed by atoms with E-state index in [-0.39, 0.29) is 58.1 Å². The highest BCUT2D eigenvalue weighted by molar-refractivity contribution is 6.42. The highest BCUT2D eigenvalue weighted by Gasteiger charge is 2.38. The Hall–Kier alpha value is -4.44. The first kappa shape index (κ1) is 32.0. The SMILES string of the molecule is O=C(O)C(F)(F)F.O=C(c1cc(Cc2c[nH]c(=O)c3cc(Cl)c(Cl)n23)ccc1F)N1CCn2c(nnc2C(=O)N2CCCC2)C1. The number of aromatic nitrogens is 5. The monoisotopic (exact) mass is 671 g/mol. The Labute approximate surface area is 260 Å². The van der Waals surface area contributed by atoms with Crippen LogP contribution in [0.25, 0.3) is 5.52 Å². The predicted molar refractivity (Wildman–Crippen MR) is 151 cm³/mol. The number of carbonyl (C=O) groups excluding carboxylic acids is 2. The van der Waals surface area contributed by atoms with Crippen LogP contribution in [0.2, 0.25) is 10.2 Å². The van der Waals surface area contributed by atoms with Gasteiger partial charge < -0.3 is 24.5 Å². The number of carboxylic acids is 1. The summed E-state index contributed by atoms with van der Waals surface area (Å²) in [5.41, 5.74) is 1.11. The first-order valence-electron chi connectivity index (χ1n) is 13.4. The summed E-state index contributed by atoms with van der Waals surface area (Å²) in [7, 11) is 0. The van der Waals surface area contributed by atoms with Crippen LogP contribution in [0.15, 0.2) is 35.3 Å². The highest BCUT2D eigenvalue weighted by atomic mass is 35.5. The molecule has 2 aliphatic rings. The predicted octanol–water partition coefficient (Wildman–Crippen LogP) is 3.78. The summed E-state index contributed by atoms with van der Waals surface area (Å²) in [6.45, 7) is 2.14. The van der Waals surface area contributed by atoms with E-state index in [0.717, 1.165) is 12.8 Å². The third-order valence-electron chi connectivity index (χ3n) is 7.30. The van der Waals surface area contributed by atoms with E-state index in [1.165, 1.54) is 33.7 Å². The second kappa shape index (κ2) is 12.5. The van der Waals surface area contributed by atoms with Gasteiger partial charge in [-0.1, -0.05) is 29.3 Å². The molecule has 1 fully saturated rings. The molecule has 0 unspecified atom stereocenters. The summed E-state index contributed by atoms with van der Waals surface area (Å²) < 4.78 is 49.9. The molecule has 1 aromatic carbocycles. The van der Waals surface area contributed by atoms with Gasteiger partial charge in [-0.2, -0.15) is 13.2 Å². The molecule has 12 nitrogen and oxygen atoms in total. The molecule has 238 valence electrons. The van der Waals surface area contributed by atoms with Crippen LogP contribution in [0, 0.1) is 5.82 Å². The average Bonchev–Trinajstić information content (AvgIpc) is 3.75. The van der Waals surface area contributed by atoms with Crippen molar-refractivity contribution < 1.29 is 37.1 Å². The Morgan fingerprint density at radius 3 is 2.33 bits per heavy atom. The molecule has 45 heavy (non-hydrogen) atoms. The third kappa shape index (κ3) is 6.51. The molecule has 3 aromatic heterocycles. The molecule has 0 aliphatic carbocycles. The number of nitrogens with zero attached hydrogens (tertiary/aromatic N) is 6. The molecule has 0 bridgehead atoms. The average molecular weight is 672 g/mol. The maximum atomic E-state index is 14.8. The summed E-state index contributed by atoms with van der Waals surface area (Å²) in [4.78, 5) is 53.2. The number of halogens is 6. The number of hydrogen-bond acceptors (Lipinski definition) is 6. The Morgan fingerprint density at radius 1 is 0.978 bits per heavy atom. The van der Waals surface area contributed by atoms with Gasteiger partial charge in [-0.05, 0) is 36.6 Å². The van der Waals surface area contributed by atoms with Gasteiger partial charge in [-0.3, -0.25) is 18.8 Å². The number of rotatable bonds is 4. The van der Waals surface area contributed by atoms with Gasteiger partial charge in [0.2, 0.25) is 5.82 Å². The molecule has 0 saturated carbocycles. The van der Waals surface area contributed by atoms with Crippen molar-refractivity contribution in [3.8, 4) is 0 Å². The maximum Gasteiger partial charge on any atom is 0.490 e. The molecule has 5 heterocycles. The minimum Gasteiger partial charge on any atom is -0.475 e. The lowest BCUT2D eigenvalue weighted by Crippen LogP contribution is -2.40. The first-order chi connectivity index (χ1) is 21.3. The van der Waals surface area contributed by atoms with E-state index in [1.807, 2.05) is 0 Å². The van der Waals surface area contributed by atoms with E-state index in [9.17, 15) is 31.9 Å². The van der Waals surface area contributed by atoms with Crippen LogP contribution < -0.4 is 5.56 Å². The number of alkyl halides is 3. The normalized spacial score (nSPS) is 14.7. The van der Waals surface area contributed by atoms with Crippen molar-refractivity contribution in [1.29, 1.82) is 0 Å². The minimum absolute atomic E-state index is 0.0823. The summed E-state index contributed by atoms with van der Waals surface area (Å²) in [6.07, 6.45) is -1.37. The molecule has 1 saturated heterocycles. The number of aromatic amines is 1. The Bertz CT molecular complexity index is 1860. The minimum atomic E-state index is -5.08. The fourth-order valence-corrected chi connectivity index (χ4v) is 5.54. The molecule has 0 spiro atoms. The van der Waals surface area contributed by atoms with Crippen LogP contribution in [0.5, 0.6) is 0 Å². The number of nitrogens with one attached hydrogen (secondary N) is 1. The number of fused-ring (bicyclic) bond motifs is 2. The van der Waals surface area contributed by atoms with E-state index < -0.39 is 23.9 Å². The van der Waals surface area contributed by atoms with E-state index in [1.54, 1.807) is 15.5 Å². The van der Waals surface area contributed by atoms with E-state index in [4.69, 9.17) is 33.1 Å². The number of carboxylic acid groups (broad SMARTS) is 1. The number of H-pyrrole nitrogens is 1. The molecule has 2 amide bonds. The van der Waals surface area contributed by atoms with Crippen molar-refractivity contribution in [3.05, 3.63) is 85.3 Å². The highest BCUT2D eigenvalue weighted by Crippen LogP contribution is 2.27. The molecule has 2 aliphatic heterocycles. The lowest BCUT2D eigenvalue weighted by molar-refractivity contribution is -0.192. The van der Waals surface area contributed by atoms with Gasteiger partial charge >= 0.3 is 12.1 Å². The first-order valence-corrected chi connectivity index (χ1v) is 14.2. The van der Waals surface area contributed by atoms with Gasteiger partial charge in [0.1, 0.15) is 16.5 Å². The van der Waals surface area contributed by atoms with Crippen molar-refractivity contribution >= 4 is 46.5 Å². The van der Waals surface area contributed by atoms with Gasteiger partial charge in [-0.25, -0.2) is 9.18 Å². The zero-order chi connectivity index (χ0) is 32.6. The largest absolute Gasteiger partial charge is 0.490 e. The Kier molecular flexibility index (Phi) is 8.89. The van der Waals surface area contributed by atoms with Crippen molar-refractivity contribution in [2.75, 3.05) is 19.6 Å². The summed E-state index contributed by atoms with van der Waals surface area (Å²) >= 11 is 12.4. The molecular weight excluding hydrogens is 649 g/mol. The third-order valence-corrected chi connectivity index (χ3v) is 8.06. The maximum absolute atomic E-state index is 14.8. The molecule has 0 radical (unpaired) electrons. The number of amides is 2. The lowest BCUT2D eigenvalue weighted by atomic mass is 10.0. The van der Waals surface area contributed by atoms with Gasteiger partial charge in [0.05, 0.1) is 17.1 Å². The second-order valence-corrected chi connectivity index (χ2v) is 11.0. The van der Waals surface area contributed by atoms with E-state index in [2.05, 4.69) is 15.2 Å². The molecule has 0 atom stereocenters. The van der Waals surface area contributed by atoms with E-state index >= 15 is 0 Å². The number of aliphatic carboxylic acids is 1. The summed E-state index contributed by atoms with van der Waals surface area (Å²) in [5, 5.41) is 15.8. The quantitative estimate of drug-likeness (QED) is 0.314. The van der Waals surface area contributed by atoms with Crippen LogP contribution in [0.1, 0.15) is 50.9 Å². The molecular formula is C27H23Cl2F4N7O5. The van der Waals surface area contributed by atoms with Crippen LogP contribution in [0.4, 0.5) is 17.6 Å². The molecule has 2 N–H and O–H groups in total. The van der Waals surface area contributed by atoms with Crippen molar-refractivity contribution in [2.45, 2.75) is 38.5 Å². The van der Waals surface area contributed by atoms with Crippen LogP contribution in [-0.2, 0) is 24.3 Å². The Balaban J connectivity index is 0.000000515. The van der Waals surface area contributed by atoms with Crippen molar-refractivity contribution in [1.82, 2.24) is 33.9 Å². The van der Waals surface area contributed by atoms with Gasteiger partial charge in [-0.15, -0.1) is 10.2 Å². The number of benzene rings is 1. The smallest absolute Gasteiger partial charge is 0.475 e. The van der Waals surface area contributed by atoms with Crippen LogP contribution in [0.3, 0.4) is 0 Å². The van der Waals surface area contributed by atoms with Gasteiger partial charge in [0.15, 0.2) is 5.82 Å². The summed E-state index contributed by atoms with van der Waals surface area (Å²) in [5.74, 6) is -3.28. The van der Waals surface area contributed by atoms with Crippen molar-refractivity contribution in [2.24, 2.45) is 0 Å². The number of likely N-dealkylation sites (tertiary alicyclic amines) is 1. The zero-order valence-electron chi connectivity index (χ0n) is 23.1. The standard InChI is InChI=1S/C25H22Cl2FN7O3.C2HF3O2/c26-17-11-19-23(36)29-12-15(35(19)21(17)27)9-14-3-4-18(28)16(10-14)24(37)33-7-8-34-20(13-33)30-31-22(34)25(38)32-5-1-2-6-32;3-2(4,5)1(6)7/h3-4,10-12H,1-2,5-9,13H2,(H,29,36);(H,6,7). The number of hydrogen-bond donors (Lipinski definition) is 2. The second-order valence-electron chi connectivity index (χ2n) is 10.2. The number of carbonyl (C=O) groups is 3. The van der Waals surface area contributed by atoms with Gasteiger partial charge in [0.25, 0.3) is 17.4 Å². The van der Waals surface area contributed by atoms with E-state index in [0.29, 0.717) is 36.7 Å². The topological polar surface area (TPSA) is 146 Å². The molecule has 6 rings (SSSR count). The summed E-state index contributed by atoms with van der Waals surface area (Å²) in [6, 6.07) is 5.79. The molecule has 18 heteroatoms. The fourth-order valence-electron chi connectivity index (χ4n) is 5.10. The van der Waals surface area contributed by atoms with Crippen LogP contribution in [-0.4, -0.2) is 82.6 Å². The van der Waals surface area contributed by atoms with Crippen molar-refractivity contribution in [3.63, 3.8) is 0 Å². The van der Waals surface area contributed by atoms with Gasteiger partial charge in [0, 0.05) is 44.5 Å². The molecule has 4 aromatic rings. The lowest BCUT2D eigenvalue weighted by Gasteiger charge is -2.28. The van der Waals surface area contributed by atoms with Crippen LogP contribution >= 0.6 is 23.2 Å². The zero-order valence-corrected chi connectivity index (χ0v) is 24.6. The fraction of sp³-hybridized carbons (Fsp3) is 0.333.